The predicted molar refractivity (Wildman–Crippen MR) is 85.9 cm³/mol. The highest BCUT2D eigenvalue weighted by Gasteiger charge is 2.40. The summed E-state index contributed by atoms with van der Waals surface area (Å²) in [6, 6.07) is 0. The Kier molecular flexibility index (Phi) is 4.47. The number of hydrogen-bond acceptors (Lipinski definition) is 6. The predicted octanol–water partition coefficient (Wildman–Crippen LogP) is 1.20. The molecular formula is C15H21N3O3S. The molecule has 120 valence electrons. The van der Waals surface area contributed by atoms with E-state index in [9.17, 15) is 14.4 Å². The molecule has 1 aliphatic carbocycles. The molecule has 0 atom stereocenters. The fourth-order valence-electron chi connectivity index (χ4n) is 2.88. The molecule has 1 aliphatic rings. The van der Waals surface area contributed by atoms with Gasteiger partial charge in [-0.25, -0.2) is 4.98 Å². The number of carbonyl (C=O) groups is 2. The fourth-order valence-corrected chi connectivity index (χ4v) is 3.43. The van der Waals surface area contributed by atoms with Gasteiger partial charge in [-0.3, -0.25) is 19.0 Å². The van der Waals surface area contributed by atoms with Gasteiger partial charge in [-0.15, -0.1) is 0 Å². The fraction of sp³-hybridized carbons (Fsp3) is 0.600. The van der Waals surface area contributed by atoms with E-state index in [1.165, 1.54) is 16.3 Å². The number of rotatable bonds is 3. The van der Waals surface area contributed by atoms with Crippen molar-refractivity contribution < 1.29 is 9.59 Å². The van der Waals surface area contributed by atoms with E-state index in [2.05, 4.69) is 4.98 Å². The summed E-state index contributed by atoms with van der Waals surface area (Å²) in [6.45, 7) is 3.81. The highest BCUT2D eigenvalue weighted by Crippen LogP contribution is 2.35. The van der Waals surface area contributed by atoms with E-state index in [0.29, 0.717) is 18.0 Å². The zero-order valence-electron chi connectivity index (χ0n) is 13.3. The van der Waals surface area contributed by atoms with Crippen LogP contribution in [0.5, 0.6) is 0 Å². The Hall–Kier alpha value is -1.63. The summed E-state index contributed by atoms with van der Waals surface area (Å²) in [5.74, 6) is -0.892. The first-order chi connectivity index (χ1) is 10.2. The lowest BCUT2D eigenvalue weighted by Gasteiger charge is -2.32. The van der Waals surface area contributed by atoms with Crippen LogP contribution in [0.1, 0.15) is 32.3 Å². The van der Waals surface area contributed by atoms with Gasteiger partial charge in [-0.05, 0) is 18.1 Å². The standard InChI is InChI=1S/C15H21N3O3S/c1-15(2)6-10(19)8(11(20)7-15)5-9-12(16)17-14(22-4)18(3)13(9)21/h8H,5-7,16H2,1-4H3. The van der Waals surface area contributed by atoms with Gasteiger partial charge in [-0.1, -0.05) is 25.6 Å². The summed E-state index contributed by atoms with van der Waals surface area (Å²) in [7, 11) is 1.61. The summed E-state index contributed by atoms with van der Waals surface area (Å²) in [6.07, 6.45) is 2.55. The third-order valence-corrected chi connectivity index (χ3v) is 4.78. The van der Waals surface area contributed by atoms with E-state index in [1.807, 2.05) is 13.8 Å². The van der Waals surface area contributed by atoms with E-state index >= 15 is 0 Å². The normalized spacial score (nSPS) is 18.7. The van der Waals surface area contributed by atoms with Crippen molar-refractivity contribution >= 4 is 29.1 Å². The molecular weight excluding hydrogens is 302 g/mol. The molecule has 1 saturated carbocycles. The second-order valence-electron chi connectivity index (χ2n) is 6.53. The minimum absolute atomic E-state index is 0.0495. The molecule has 1 heterocycles. The van der Waals surface area contributed by atoms with Crippen molar-refractivity contribution in [3.8, 4) is 0 Å². The Morgan fingerprint density at radius 1 is 1.27 bits per heavy atom. The van der Waals surface area contributed by atoms with E-state index in [4.69, 9.17) is 5.73 Å². The van der Waals surface area contributed by atoms with Crippen LogP contribution in [0, 0.1) is 11.3 Å². The van der Waals surface area contributed by atoms with Crippen molar-refractivity contribution in [1.82, 2.24) is 9.55 Å². The number of aromatic nitrogens is 2. The maximum Gasteiger partial charge on any atom is 0.259 e. The summed E-state index contributed by atoms with van der Waals surface area (Å²) in [5.41, 5.74) is 5.53. The van der Waals surface area contributed by atoms with Crippen LogP contribution in [0.3, 0.4) is 0 Å². The number of Topliss-reactive ketones (excluding diaryl/α,β-unsaturated/α-hetero) is 2. The second-order valence-corrected chi connectivity index (χ2v) is 7.31. The molecule has 2 N–H and O–H groups in total. The smallest absolute Gasteiger partial charge is 0.259 e. The summed E-state index contributed by atoms with van der Waals surface area (Å²) < 4.78 is 1.40. The molecule has 7 heteroatoms. The number of anilines is 1. The summed E-state index contributed by atoms with van der Waals surface area (Å²) in [5, 5.41) is 0.508. The minimum Gasteiger partial charge on any atom is -0.383 e. The Morgan fingerprint density at radius 3 is 2.32 bits per heavy atom. The zero-order chi connectivity index (χ0) is 16.7. The maximum absolute atomic E-state index is 12.4. The van der Waals surface area contributed by atoms with Crippen molar-refractivity contribution in [2.75, 3.05) is 12.0 Å². The van der Waals surface area contributed by atoms with Crippen molar-refractivity contribution in [3.63, 3.8) is 0 Å². The van der Waals surface area contributed by atoms with E-state index in [0.717, 1.165) is 0 Å². The first-order valence-corrected chi connectivity index (χ1v) is 8.33. The molecule has 0 unspecified atom stereocenters. The van der Waals surface area contributed by atoms with Crippen LogP contribution in [-0.4, -0.2) is 27.4 Å². The molecule has 0 bridgehead atoms. The third kappa shape index (κ3) is 3.09. The molecule has 2 rings (SSSR count). The molecule has 1 aromatic rings. The Balaban J connectivity index is 2.36. The number of ketones is 2. The second kappa shape index (κ2) is 5.87. The number of nitrogens with two attached hydrogens (primary N) is 1. The summed E-state index contributed by atoms with van der Waals surface area (Å²) >= 11 is 1.32. The van der Waals surface area contributed by atoms with Crippen LogP contribution >= 0.6 is 11.8 Å². The van der Waals surface area contributed by atoms with E-state index in [-0.39, 0.29) is 40.3 Å². The number of nitrogen functional groups attached to an aromatic ring is 1. The lowest BCUT2D eigenvalue weighted by Crippen LogP contribution is -2.40. The largest absolute Gasteiger partial charge is 0.383 e. The average molecular weight is 323 g/mol. The molecule has 0 saturated heterocycles. The Morgan fingerprint density at radius 2 is 1.82 bits per heavy atom. The zero-order valence-corrected chi connectivity index (χ0v) is 14.1. The molecule has 0 aliphatic heterocycles. The van der Waals surface area contributed by atoms with E-state index < -0.39 is 5.92 Å². The Bertz CT molecular complexity index is 674. The topological polar surface area (TPSA) is 95.1 Å². The highest BCUT2D eigenvalue weighted by atomic mass is 32.2. The molecule has 0 radical (unpaired) electrons. The van der Waals surface area contributed by atoms with E-state index in [1.54, 1.807) is 13.3 Å². The van der Waals surface area contributed by atoms with Crippen LogP contribution in [0.15, 0.2) is 9.95 Å². The number of nitrogens with zero attached hydrogens (tertiary/aromatic N) is 2. The van der Waals surface area contributed by atoms with Gasteiger partial charge in [-0.2, -0.15) is 0 Å². The van der Waals surface area contributed by atoms with Crippen LogP contribution in [0.2, 0.25) is 0 Å². The maximum atomic E-state index is 12.4. The monoisotopic (exact) mass is 323 g/mol. The van der Waals surface area contributed by atoms with Gasteiger partial charge < -0.3 is 5.73 Å². The van der Waals surface area contributed by atoms with Gasteiger partial charge in [0.05, 0.1) is 11.5 Å². The Labute approximate surface area is 133 Å². The molecule has 0 spiro atoms. The third-order valence-electron chi connectivity index (χ3n) is 4.05. The number of hydrogen-bond donors (Lipinski definition) is 1. The minimum atomic E-state index is -0.773. The van der Waals surface area contributed by atoms with Gasteiger partial charge in [0.1, 0.15) is 17.4 Å². The quantitative estimate of drug-likeness (QED) is 0.510. The molecule has 1 aromatic heterocycles. The van der Waals surface area contributed by atoms with Gasteiger partial charge in [0.15, 0.2) is 5.16 Å². The first-order valence-electron chi connectivity index (χ1n) is 7.11. The van der Waals surface area contributed by atoms with Crippen LogP contribution in [0.25, 0.3) is 0 Å². The van der Waals surface area contributed by atoms with Gasteiger partial charge >= 0.3 is 0 Å². The van der Waals surface area contributed by atoms with Crippen LogP contribution in [0.4, 0.5) is 5.82 Å². The van der Waals surface area contributed by atoms with Crippen molar-refractivity contribution in [1.29, 1.82) is 0 Å². The SMILES string of the molecule is CSc1nc(N)c(CC2C(=O)CC(C)(C)CC2=O)c(=O)n1C. The van der Waals surface area contributed by atoms with Gasteiger partial charge in [0, 0.05) is 19.9 Å². The van der Waals surface area contributed by atoms with Crippen molar-refractivity contribution in [3.05, 3.63) is 15.9 Å². The van der Waals surface area contributed by atoms with Gasteiger partial charge in [0.25, 0.3) is 5.56 Å². The number of carbonyl (C=O) groups excluding carboxylic acids is 2. The highest BCUT2D eigenvalue weighted by molar-refractivity contribution is 7.98. The average Bonchev–Trinajstić information content (AvgIpc) is 2.40. The van der Waals surface area contributed by atoms with Crippen molar-refractivity contribution in [2.45, 2.75) is 38.3 Å². The molecule has 6 nitrogen and oxygen atoms in total. The molecule has 22 heavy (non-hydrogen) atoms. The van der Waals surface area contributed by atoms with Crippen molar-refractivity contribution in [2.24, 2.45) is 18.4 Å². The van der Waals surface area contributed by atoms with Crippen LogP contribution < -0.4 is 11.3 Å². The lowest BCUT2D eigenvalue weighted by atomic mass is 9.70. The summed E-state index contributed by atoms with van der Waals surface area (Å²) in [4.78, 5) is 41.1. The van der Waals surface area contributed by atoms with Crippen LogP contribution in [-0.2, 0) is 23.1 Å². The molecule has 1 fully saturated rings. The molecule has 0 aromatic carbocycles. The molecule has 0 amide bonds. The first kappa shape index (κ1) is 16.7. The van der Waals surface area contributed by atoms with Gasteiger partial charge in [0.2, 0.25) is 0 Å². The number of thioether (sulfide) groups is 1. The lowest BCUT2D eigenvalue weighted by molar-refractivity contribution is -0.139.